The molecule has 0 spiro atoms. The first kappa shape index (κ1) is 19.3. The fraction of sp³-hybridized carbons (Fsp3) is 0.125. The number of ether oxygens (including phenoxy) is 2. The van der Waals surface area contributed by atoms with Crippen LogP contribution in [0.2, 0.25) is 5.02 Å². The zero-order valence-electron chi connectivity index (χ0n) is 16.4. The minimum absolute atomic E-state index is 0.142. The van der Waals surface area contributed by atoms with Crippen LogP contribution in [0.4, 0.5) is 0 Å². The van der Waals surface area contributed by atoms with E-state index in [2.05, 4.69) is 4.99 Å². The number of aliphatic imine (C=N–C) groups is 1. The second-order valence-electron chi connectivity index (χ2n) is 7.11. The lowest BCUT2D eigenvalue weighted by Gasteiger charge is -2.20. The molecular formula is C24H17ClN2O4. The summed E-state index contributed by atoms with van der Waals surface area (Å²) in [4.78, 5) is 32.6. The van der Waals surface area contributed by atoms with Crippen molar-refractivity contribution in [3.05, 3.63) is 94.0 Å². The molecule has 3 aromatic carbocycles. The predicted molar refractivity (Wildman–Crippen MR) is 116 cm³/mol. The Morgan fingerprint density at radius 2 is 1.65 bits per heavy atom. The molecule has 0 aliphatic carbocycles. The van der Waals surface area contributed by atoms with Crippen molar-refractivity contribution in [2.75, 3.05) is 19.9 Å². The zero-order valence-corrected chi connectivity index (χ0v) is 17.1. The highest BCUT2D eigenvalue weighted by Gasteiger charge is 2.29. The molecule has 6 nitrogen and oxygen atoms in total. The maximum Gasteiger partial charge on any atom is 0.259 e. The third kappa shape index (κ3) is 3.55. The van der Waals surface area contributed by atoms with Gasteiger partial charge in [0.05, 0.1) is 6.54 Å². The van der Waals surface area contributed by atoms with Gasteiger partial charge in [-0.15, -0.1) is 0 Å². The molecule has 31 heavy (non-hydrogen) atoms. The second-order valence-corrected chi connectivity index (χ2v) is 7.55. The highest BCUT2D eigenvalue weighted by molar-refractivity contribution is 6.30. The van der Waals surface area contributed by atoms with Crippen molar-refractivity contribution in [3.8, 4) is 11.5 Å². The van der Waals surface area contributed by atoms with Crippen molar-refractivity contribution in [3.63, 3.8) is 0 Å². The van der Waals surface area contributed by atoms with Gasteiger partial charge in [0, 0.05) is 33.8 Å². The van der Waals surface area contributed by atoms with Gasteiger partial charge in [0.2, 0.25) is 6.79 Å². The van der Waals surface area contributed by atoms with E-state index in [1.165, 1.54) is 0 Å². The van der Waals surface area contributed by atoms with E-state index in [1.54, 1.807) is 59.5 Å². The summed E-state index contributed by atoms with van der Waals surface area (Å²) in [7, 11) is 0. The number of ketones is 1. The molecule has 154 valence electrons. The molecule has 0 fully saturated rings. The molecule has 0 saturated heterocycles. The first-order valence-corrected chi connectivity index (χ1v) is 10.2. The van der Waals surface area contributed by atoms with Gasteiger partial charge in [0.1, 0.15) is 5.84 Å². The van der Waals surface area contributed by atoms with E-state index >= 15 is 0 Å². The number of halogens is 1. The molecule has 2 aliphatic rings. The molecule has 7 heteroatoms. The number of nitrogens with zero attached hydrogens (tertiary/aromatic N) is 2. The standard InChI is InChI=1S/C24H17ClN2O4/c25-17-8-5-15(6-9-17)22(28)18-3-1-2-4-19(18)23-26-11-12-27(23)24(29)16-7-10-20-21(13-16)31-14-30-20/h1-10,13H,11-12,14H2. The molecule has 0 N–H and O–H groups in total. The van der Waals surface area contributed by atoms with Gasteiger partial charge in [-0.1, -0.05) is 35.9 Å². The quantitative estimate of drug-likeness (QED) is 0.579. The predicted octanol–water partition coefficient (Wildman–Crippen LogP) is 4.20. The van der Waals surface area contributed by atoms with Crippen molar-refractivity contribution < 1.29 is 19.1 Å². The molecular weight excluding hydrogens is 416 g/mol. The summed E-state index contributed by atoms with van der Waals surface area (Å²) in [6, 6.07) is 19.0. The van der Waals surface area contributed by atoms with Crippen LogP contribution in [-0.4, -0.2) is 42.3 Å². The van der Waals surface area contributed by atoms with Gasteiger partial charge >= 0.3 is 0 Å². The van der Waals surface area contributed by atoms with Crippen molar-refractivity contribution in [1.82, 2.24) is 4.90 Å². The Hall–Kier alpha value is -3.64. The van der Waals surface area contributed by atoms with Gasteiger partial charge in [0.15, 0.2) is 17.3 Å². The lowest BCUT2D eigenvalue weighted by molar-refractivity contribution is 0.0857. The van der Waals surface area contributed by atoms with Gasteiger partial charge in [-0.2, -0.15) is 0 Å². The van der Waals surface area contributed by atoms with Crippen molar-refractivity contribution in [2.45, 2.75) is 0 Å². The number of benzene rings is 3. The second kappa shape index (κ2) is 7.89. The minimum Gasteiger partial charge on any atom is -0.454 e. The molecule has 0 bridgehead atoms. The Morgan fingerprint density at radius 3 is 2.48 bits per heavy atom. The SMILES string of the molecule is O=C(c1ccc(Cl)cc1)c1ccccc1C1=NCCN1C(=O)c1ccc2c(c1)OCO2. The summed E-state index contributed by atoms with van der Waals surface area (Å²) in [6.45, 7) is 1.05. The summed E-state index contributed by atoms with van der Waals surface area (Å²) in [6.07, 6.45) is 0. The number of amides is 1. The number of amidine groups is 1. The summed E-state index contributed by atoms with van der Waals surface area (Å²) in [5.41, 5.74) is 2.09. The van der Waals surface area contributed by atoms with E-state index < -0.39 is 0 Å². The Balaban J connectivity index is 1.48. The molecule has 1 amide bonds. The molecule has 5 rings (SSSR count). The van der Waals surface area contributed by atoms with Crippen molar-refractivity contribution in [1.29, 1.82) is 0 Å². The third-order valence-electron chi connectivity index (χ3n) is 5.22. The fourth-order valence-corrected chi connectivity index (χ4v) is 3.82. The van der Waals surface area contributed by atoms with Crippen LogP contribution in [-0.2, 0) is 0 Å². The summed E-state index contributed by atoms with van der Waals surface area (Å²) in [5, 5.41) is 0.561. The number of hydrogen-bond acceptors (Lipinski definition) is 5. The molecule has 3 aromatic rings. The van der Waals surface area contributed by atoms with E-state index in [0.29, 0.717) is 57.7 Å². The number of carbonyl (C=O) groups is 2. The maximum absolute atomic E-state index is 13.3. The van der Waals surface area contributed by atoms with Gasteiger partial charge in [-0.25, -0.2) is 0 Å². The van der Waals surface area contributed by atoms with E-state index in [-0.39, 0.29) is 18.5 Å². The number of fused-ring (bicyclic) bond motifs is 1. The van der Waals surface area contributed by atoms with Crippen LogP contribution in [0.5, 0.6) is 11.5 Å². The summed E-state index contributed by atoms with van der Waals surface area (Å²) in [5.74, 6) is 1.29. The Labute approximate surface area is 183 Å². The average Bonchev–Trinajstić information content (AvgIpc) is 3.47. The number of hydrogen-bond donors (Lipinski definition) is 0. The molecule has 0 aromatic heterocycles. The molecule has 0 saturated carbocycles. The van der Waals surface area contributed by atoms with Crippen LogP contribution in [0.15, 0.2) is 71.7 Å². The van der Waals surface area contributed by atoms with Crippen LogP contribution in [0, 0.1) is 0 Å². The largest absolute Gasteiger partial charge is 0.454 e. The van der Waals surface area contributed by atoms with Gasteiger partial charge < -0.3 is 9.47 Å². The number of rotatable bonds is 4. The smallest absolute Gasteiger partial charge is 0.259 e. The van der Waals surface area contributed by atoms with Crippen LogP contribution < -0.4 is 9.47 Å². The molecule has 2 heterocycles. The third-order valence-corrected chi connectivity index (χ3v) is 5.48. The normalized spacial score (nSPS) is 14.5. The number of carbonyl (C=O) groups excluding carboxylic acids is 2. The fourth-order valence-electron chi connectivity index (χ4n) is 3.69. The Bertz CT molecular complexity index is 1220. The van der Waals surface area contributed by atoms with E-state index in [9.17, 15) is 9.59 Å². The lowest BCUT2D eigenvalue weighted by Crippen LogP contribution is -2.35. The summed E-state index contributed by atoms with van der Waals surface area (Å²) < 4.78 is 10.7. The van der Waals surface area contributed by atoms with Gasteiger partial charge in [-0.05, 0) is 42.5 Å². The molecule has 0 radical (unpaired) electrons. The first-order valence-electron chi connectivity index (χ1n) is 9.77. The van der Waals surface area contributed by atoms with Gasteiger partial charge in [-0.3, -0.25) is 19.5 Å². The van der Waals surface area contributed by atoms with Crippen LogP contribution in [0.25, 0.3) is 0 Å². The van der Waals surface area contributed by atoms with Crippen LogP contribution >= 0.6 is 11.6 Å². The molecule has 0 unspecified atom stereocenters. The monoisotopic (exact) mass is 432 g/mol. The first-order chi connectivity index (χ1) is 15.1. The van der Waals surface area contributed by atoms with Gasteiger partial charge in [0.25, 0.3) is 5.91 Å². The summed E-state index contributed by atoms with van der Waals surface area (Å²) >= 11 is 5.95. The van der Waals surface area contributed by atoms with E-state index in [1.807, 2.05) is 12.1 Å². The highest BCUT2D eigenvalue weighted by Crippen LogP contribution is 2.33. The minimum atomic E-state index is -0.205. The van der Waals surface area contributed by atoms with Crippen LogP contribution in [0.3, 0.4) is 0 Å². The average molecular weight is 433 g/mol. The van der Waals surface area contributed by atoms with E-state index in [4.69, 9.17) is 21.1 Å². The van der Waals surface area contributed by atoms with Crippen molar-refractivity contribution >= 4 is 29.1 Å². The van der Waals surface area contributed by atoms with Crippen LogP contribution in [0.1, 0.15) is 31.8 Å². The molecule has 0 atom stereocenters. The van der Waals surface area contributed by atoms with Crippen molar-refractivity contribution in [2.24, 2.45) is 4.99 Å². The maximum atomic E-state index is 13.3. The topological polar surface area (TPSA) is 68.2 Å². The lowest BCUT2D eigenvalue weighted by atomic mass is 9.97. The Kier molecular flexibility index (Phi) is 4.92. The van der Waals surface area contributed by atoms with E-state index in [0.717, 1.165) is 0 Å². The zero-order chi connectivity index (χ0) is 21.4. The molecule has 2 aliphatic heterocycles. The Morgan fingerprint density at radius 1 is 0.903 bits per heavy atom. The highest BCUT2D eigenvalue weighted by atomic mass is 35.5.